The Hall–Kier alpha value is -3.13. The molecule has 0 radical (unpaired) electrons. The summed E-state index contributed by atoms with van der Waals surface area (Å²) in [7, 11) is 0. The highest BCUT2D eigenvalue weighted by atomic mass is 35.5. The molecule has 0 saturated carbocycles. The molecule has 2 amide bonds. The number of alkyl halides is 3. The normalized spacial score (nSPS) is 16.3. The Balaban J connectivity index is 1.76. The van der Waals surface area contributed by atoms with Crippen molar-refractivity contribution >= 4 is 34.8 Å². The highest BCUT2D eigenvalue weighted by molar-refractivity contribution is 6.52. The molecule has 0 unspecified atom stereocenters. The molecule has 1 aliphatic heterocycles. The van der Waals surface area contributed by atoms with E-state index in [-0.39, 0.29) is 22.1 Å². The summed E-state index contributed by atoms with van der Waals surface area (Å²) < 4.78 is 40.7. The standard InChI is InChI=1S/C18H8ClF3N2O3/c19-13-15-14(11-3-1-2-4-12(11)16(13)25)23-17(26)24(15)9-5-7-10(8-6-9)27-18(20,21)22/h1-8H. The van der Waals surface area contributed by atoms with Gasteiger partial charge >= 0.3 is 12.4 Å². The summed E-state index contributed by atoms with van der Waals surface area (Å²) in [6, 6.07) is 10.5. The number of carbonyl (C=O) groups excluding carboxylic acids is 2. The maximum Gasteiger partial charge on any atom is 0.573 e. The van der Waals surface area contributed by atoms with Crippen LogP contribution < -0.4 is 9.64 Å². The summed E-state index contributed by atoms with van der Waals surface area (Å²) in [6.07, 6.45) is -4.83. The van der Waals surface area contributed by atoms with Crippen LogP contribution in [0.3, 0.4) is 0 Å². The van der Waals surface area contributed by atoms with Gasteiger partial charge in [-0.15, -0.1) is 13.2 Å². The average Bonchev–Trinajstić information content (AvgIpc) is 2.96. The zero-order valence-corrected chi connectivity index (χ0v) is 14.0. The summed E-state index contributed by atoms with van der Waals surface area (Å²) in [5.74, 6) is -0.901. The molecule has 0 fully saturated rings. The third kappa shape index (κ3) is 2.87. The Bertz CT molecular complexity index is 1040. The van der Waals surface area contributed by atoms with E-state index >= 15 is 0 Å². The second-order valence-corrected chi connectivity index (χ2v) is 6.04. The first kappa shape index (κ1) is 17.3. The number of carbonyl (C=O) groups is 2. The fourth-order valence-electron chi connectivity index (χ4n) is 2.94. The summed E-state index contributed by atoms with van der Waals surface area (Å²) in [5, 5.41) is -0.186. The predicted octanol–water partition coefficient (Wildman–Crippen LogP) is 4.66. The topological polar surface area (TPSA) is 59.0 Å². The summed E-state index contributed by atoms with van der Waals surface area (Å²) in [6.45, 7) is 0. The van der Waals surface area contributed by atoms with E-state index < -0.39 is 23.9 Å². The van der Waals surface area contributed by atoms with Gasteiger partial charge in [0.15, 0.2) is 0 Å². The Kier molecular flexibility index (Phi) is 3.81. The summed E-state index contributed by atoms with van der Waals surface area (Å²) in [5.41, 5.74) is 1.35. The zero-order chi connectivity index (χ0) is 19.3. The molecule has 9 heteroatoms. The molecule has 4 rings (SSSR count). The first-order chi connectivity index (χ1) is 12.8. The van der Waals surface area contributed by atoms with Crippen molar-refractivity contribution < 1.29 is 27.5 Å². The lowest BCUT2D eigenvalue weighted by molar-refractivity contribution is -0.274. The van der Waals surface area contributed by atoms with E-state index in [9.17, 15) is 22.8 Å². The van der Waals surface area contributed by atoms with E-state index in [0.717, 1.165) is 17.0 Å². The first-order valence-electron chi connectivity index (χ1n) is 7.59. The maximum absolute atomic E-state index is 12.5. The van der Waals surface area contributed by atoms with E-state index in [4.69, 9.17) is 11.6 Å². The van der Waals surface area contributed by atoms with E-state index in [0.29, 0.717) is 11.1 Å². The smallest absolute Gasteiger partial charge is 0.406 e. The van der Waals surface area contributed by atoms with Crippen LogP contribution in [0, 0.1) is 0 Å². The third-order valence-corrected chi connectivity index (χ3v) is 4.36. The van der Waals surface area contributed by atoms with Crippen LogP contribution in [0.2, 0.25) is 0 Å². The average molecular weight is 393 g/mol. The molecule has 27 heavy (non-hydrogen) atoms. The highest BCUT2D eigenvalue weighted by Gasteiger charge is 2.40. The van der Waals surface area contributed by atoms with Gasteiger partial charge in [0.25, 0.3) is 0 Å². The predicted molar refractivity (Wildman–Crippen MR) is 91.2 cm³/mol. The lowest BCUT2D eigenvalue weighted by Gasteiger charge is -2.23. The molecule has 2 aromatic carbocycles. The molecule has 136 valence electrons. The van der Waals surface area contributed by atoms with Gasteiger partial charge in [0, 0.05) is 11.1 Å². The minimum Gasteiger partial charge on any atom is -0.406 e. The minimum absolute atomic E-state index is 0.106. The van der Waals surface area contributed by atoms with Gasteiger partial charge in [-0.2, -0.15) is 4.99 Å². The van der Waals surface area contributed by atoms with Crippen LogP contribution in [-0.2, 0) is 0 Å². The van der Waals surface area contributed by atoms with E-state index in [2.05, 4.69) is 9.73 Å². The molecule has 1 aliphatic carbocycles. The molecule has 0 saturated heterocycles. The quantitative estimate of drug-likeness (QED) is 0.746. The van der Waals surface area contributed by atoms with Crippen molar-refractivity contribution in [3.8, 4) is 5.75 Å². The minimum atomic E-state index is -4.83. The number of rotatable bonds is 2. The van der Waals surface area contributed by atoms with Crippen molar-refractivity contribution in [2.45, 2.75) is 6.36 Å². The number of amides is 2. The van der Waals surface area contributed by atoms with Gasteiger partial charge in [0.05, 0.1) is 11.4 Å². The lowest BCUT2D eigenvalue weighted by Crippen LogP contribution is -2.29. The fraction of sp³-hybridized carbons (Fsp3) is 0.0556. The monoisotopic (exact) mass is 392 g/mol. The second-order valence-electron chi connectivity index (χ2n) is 5.66. The first-order valence-corrected chi connectivity index (χ1v) is 7.97. The molecule has 2 aliphatic rings. The molecule has 0 spiro atoms. The number of nitrogens with zero attached hydrogens (tertiary/aromatic N) is 2. The number of Topliss-reactive ketones (excluding diaryl/α,β-unsaturated/α-hetero) is 1. The zero-order valence-electron chi connectivity index (χ0n) is 13.2. The Morgan fingerprint density at radius 2 is 1.59 bits per heavy atom. The summed E-state index contributed by atoms with van der Waals surface area (Å²) >= 11 is 6.21. The van der Waals surface area contributed by atoms with Gasteiger partial charge in [0.2, 0.25) is 5.78 Å². The van der Waals surface area contributed by atoms with Gasteiger partial charge in [-0.1, -0.05) is 35.9 Å². The Morgan fingerprint density at radius 1 is 0.963 bits per heavy atom. The van der Waals surface area contributed by atoms with Crippen LogP contribution in [0.1, 0.15) is 15.9 Å². The molecule has 2 aromatic rings. The molecule has 0 aromatic heterocycles. The Morgan fingerprint density at radius 3 is 2.22 bits per heavy atom. The van der Waals surface area contributed by atoms with Gasteiger partial charge in [-0.05, 0) is 24.3 Å². The van der Waals surface area contributed by atoms with E-state index in [1.165, 1.54) is 12.1 Å². The van der Waals surface area contributed by atoms with Crippen LogP contribution in [0.15, 0.2) is 64.3 Å². The fourth-order valence-corrected chi connectivity index (χ4v) is 3.22. The van der Waals surface area contributed by atoms with Crippen molar-refractivity contribution in [2.75, 3.05) is 4.90 Å². The Labute approximate surface area is 155 Å². The SMILES string of the molecule is O=C1C(Cl)=C2C(=NC(=O)N2c2ccc(OC(F)(F)F)cc2)c2ccccc21. The van der Waals surface area contributed by atoms with Crippen LogP contribution in [0.5, 0.6) is 5.75 Å². The number of anilines is 1. The van der Waals surface area contributed by atoms with E-state index in [1.807, 2.05) is 0 Å². The number of benzene rings is 2. The molecule has 1 heterocycles. The van der Waals surface area contributed by atoms with Crippen LogP contribution >= 0.6 is 11.6 Å². The molecular weight excluding hydrogens is 385 g/mol. The van der Waals surface area contributed by atoms with Crippen molar-refractivity contribution in [2.24, 2.45) is 4.99 Å². The van der Waals surface area contributed by atoms with Crippen molar-refractivity contribution in [1.82, 2.24) is 0 Å². The van der Waals surface area contributed by atoms with Crippen LogP contribution in [0.25, 0.3) is 0 Å². The van der Waals surface area contributed by atoms with Gasteiger partial charge in [-0.25, -0.2) is 4.79 Å². The largest absolute Gasteiger partial charge is 0.573 e. The van der Waals surface area contributed by atoms with Crippen LogP contribution in [0.4, 0.5) is 23.7 Å². The molecule has 0 atom stereocenters. The number of ketones is 1. The van der Waals surface area contributed by atoms with Crippen molar-refractivity contribution in [3.05, 3.63) is 70.4 Å². The van der Waals surface area contributed by atoms with Gasteiger partial charge in [0.1, 0.15) is 16.5 Å². The molecule has 5 nitrogen and oxygen atoms in total. The van der Waals surface area contributed by atoms with E-state index in [1.54, 1.807) is 24.3 Å². The number of urea groups is 1. The number of ether oxygens (including phenoxy) is 1. The number of halogens is 4. The van der Waals surface area contributed by atoms with Crippen molar-refractivity contribution in [1.29, 1.82) is 0 Å². The maximum atomic E-state index is 12.5. The molecule has 0 N–H and O–H groups in total. The number of hydrogen-bond acceptors (Lipinski definition) is 3. The molecular formula is C18H8ClF3N2O3. The third-order valence-electron chi connectivity index (χ3n) is 4.01. The highest BCUT2D eigenvalue weighted by Crippen LogP contribution is 2.38. The van der Waals surface area contributed by atoms with Gasteiger partial charge in [-0.3, -0.25) is 9.69 Å². The lowest BCUT2D eigenvalue weighted by atomic mass is 9.91. The summed E-state index contributed by atoms with van der Waals surface area (Å²) in [4.78, 5) is 30.0. The number of allylic oxidation sites excluding steroid dienone is 2. The van der Waals surface area contributed by atoms with Crippen LogP contribution in [-0.4, -0.2) is 23.9 Å². The molecule has 0 bridgehead atoms. The number of hydrogen-bond donors (Lipinski definition) is 0. The van der Waals surface area contributed by atoms with Crippen molar-refractivity contribution in [3.63, 3.8) is 0 Å². The number of fused-ring (bicyclic) bond motifs is 3. The van der Waals surface area contributed by atoms with Gasteiger partial charge < -0.3 is 4.74 Å². The second kappa shape index (κ2) is 5.95. The number of aliphatic imine (C=N–C) groups is 1.